The van der Waals surface area contributed by atoms with Crippen molar-refractivity contribution in [1.29, 1.82) is 0 Å². The topological polar surface area (TPSA) is 29.5 Å². The zero-order valence-electron chi connectivity index (χ0n) is 10.7. The Hall–Kier alpha value is -1.35. The molecule has 0 heterocycles. The van der Waals surface area contributed by atoms with E-state index in [1.54, 1.807) is 7.11 Å². The van der Waals surface area contributed by atoms with Crippen LogP contribution in [0.5, 0.6) is 0 Å². The van der Waals surface area contributed by atoms with Gasteiger partial charge in [-0.2, -0.15) is 0 Å². The molecule has 3 heteroatoms. The highest BCUT2D eigenvalue weighted by molar-refractivity contribution is 5.76. The van der Waals surface area contributed by atoms with Crippen molar-refractivity contribution < 1.29 is 9.53 Å². The molecular formula is C14H21NO2. The highest BCUT2D eigenvalue weighted by atomic mass is 16.5. The zero-order chi connectivity index (χ0) is 12.5. The average Bonchev–Trinajstić information content (AvgIpc) is 2.36. The fraction of sp³-hybridized carbons (Fsp3) is 0.500. The Kier molecular flexibility index (Phi) is 6.33. The molecule has 0 aliphatic heterocycles. The van der Waals surface area contributed by atoms with E-state index >= 15 is 0 Å². The van der Waals surface area contributed by atoms with E-state index < -0.39 is 0 Å². The summed E-state index contributed by atoms with van der Waals surface area (Å²) in [5, 5.41) is 0. The Bertz CT molecular complexity index is 324. The van der Waals surface area contributed by atoms with Gasteiger partial charge in [0, 0.05) is 26.6 Å². The van der Waals surface area contributed by atoms with Crippen LogP contribution in [0.2, 0.25) is 0 Å². The first-order valence-electron chi connectivity index (χ1n) is 6.08. The van der Waals surface area contributed by atoms with Crippen molar-refractivity contribution >= 4 is 5.91 Å². The second kappa shape index (κ2) is 7.85. The Morgan fingerprint density at radius 3 is 2.59 bits per heavy atom. The number of methoxy groups -OCH3 is 1. The van der Waals surface area contributed by atoms with Crippen LogP contribution in [-0.4, -0.2) is 31.1 Å². The minimum Gasteiger partial charge on any atom is -0.383 e. The maximum atomic E-state index is 11.9. The van der Waals surface area contributed by atoms with Gasteiger partial charge in [0.05, 0.1) is 6.61 Å². The summed E-state index contributed by atoms with van der Waals surface area (Å²) in [6.45, 7) is 3.93. The molecule has 0 spiro atoms. The molecule has 0 aliphatic rings. The molecule has 1 aromatic rings. The highest BCUT2D eigenvalue weighted by Gasteiger charge is 2.12. The maximum Gasteiger partial charge on any atom is 0.222 e. The first-order valence-corrected chi connectivity index (χ1v) is 6.08. The number of rotatable bonds is 7. The average molecular weight is 235 g/mol. The van der Waals surface area contributed by atoms with Gasteiger partial charge in [0.25, 0.3) is 0 Å². The summed E-state index contributed by atoms with van der Waals surface area (Å²) in [4.78, 5) is 13.8. The van der Waals surface area contributed by atoms with Gasteiger partial charge in [0.1, 0.15) is 0 Å². The van der Waals surface area contributed by atoms with E-state index in [2.05, 4.69) is 0 Å². The summed E-state index contributed by atoms with van der Waals surface area (Å²) >= 11 is 0. The maximum absolute atomic E-state index is 11.9. The van der Waals surface area contributed by atoms with Crippen molar-refractivity contribution in [3.63, 3.8) is 0 Å². The SMILES string of the molecule is CCCC(=O)N(CCOC)Cc1ccccc1. The quantitative estimate of drug-likeness (QED) is 0.726. The first kappa shape index (κ1) is 13.7. The van der Waals surface area contributed by atoms with Crippen molar-refractivity contribution in [2.45, 2.75) is 26.3 Å². The molecule has 94 valence electrons. The van der Waals surface area contributed by atoms with Gasteiger partial charge in [0.2, 0.25) is 5.91 Å². The lowest BCUT2D eigenvalue weighted by atomic mass is 10.2. The van der Waals surface area contributed by atoms with Gasteiger partial charge in [-0.05, 0) is 12.0 Å². The van der Waals surface area contributed by atoms with Crippen molar-refractivity contribution in [3.05, 3.63) is 35.9 Å². The highest BCUT2D eigenvalue weighted by Crippen LogP contribution is 2.06. The van der Waals surface area contributed by atoms with Crippen LogP contribution in [0.15, 0.2) is 30.3 Å². The smallest absolute Gasteiger partial charge is 0.222 e. The van der Waals surface area contributed by atoms with Gasteiger partial charge >= 0.3 is 0 Å². The number of hydrogen-bond acceptors (Lipinski definition) is 2. The summed E-state index contributed by atoms with van der Waals surface area (Å²) in [6, 6.07) is 10.1. The molecule has 0 N–H and O–H groups in total. The number of nitrogens with zero attached hydrogens (tertiary/aromatic N) is 1. The molecular weight excluding hydrogens is 214 g/mol. The molecule has 0 aliphatic carbocycles. The molecule has 17 heavy (non-hydrogen) atoms. The molecule has 0 aromatic heterocycles. The molecule has 0 saturated carbocycles. The number of carbonyl (C=O) groups is 1. The number of benzene rings is 1. The number of hydrogen-bond donors (Lipinski definition) is 0. The monoisotopic (exact) mass is 235 g/mol. The predicted octanol–water partition coefficient (Wildman–Crippen LogP) is 2.46. The molecule has 0 saturated heterocycles. The minimum atomic E-state index is 0.202. The van der Waals surface area contributed by atoms with E-state index in [1.165, 1.54) is 0 Å². The molecule has 0 bridgehead atoms. The molecule has 1 amide bonds. The van der Waals surface area contributed by atoms with E-state index in [0.29, 0.717) is 26.1 Å². The lowest BCUT2D eigenvalue weighted by molar-refractivity contribution is -0.132. The largest absolute Gasteiger partial charge is 0.383 e. The third-order valence-corrected chi connectivity index (χ3v) is 2.60. The molecule has 1 rings (SSSR count). The number of amides is 1. The van der Waals surface area contributed by atoms with E-state index in [4.69, 9.17) is 4.74 Å². The lowest BCUT2D eigenvalue weighted by Crippen LogP contribution is -2.33. The number of carbonyl (C=O) groups excluding carboxylic acids is 1. The van der Waals surface area contributed by atoms with Crippen LogP contribution in [0.3, 0.4) is 0 Å². The molecule has 0 atom stereocenters. The third kappa shape index (κ3) is 5.00. The predicted molar refractivity (Wildman–Crippen MR) is 68.6 cm³/mol. The molecule has 3 nitrogen and oxygen atoms in total. The Labute approximate surface area is 103 Å². The van der Waals surface area contributed by atoms with Gasteiger partial charge in [-0.25, -0.2) is 0 Å². The van der Waals surface area contributed by atoms with Crippen molar-refractivity contribution in [1.82, 2.24) is 4.90 Å². The Balaban J connectivity index is 2.59. The second-order valence-electron chi connectivity index (χ2n) is 4.04. The normalized spacial score (nSPS) is 10.2. The van der Waals surface area contributed by atoms with E-state index in [1.807, 2.05) is 42.2 Å². The van der Waals surface area contributed by atoms with Crippen molar-refractivity contribution in [3.8, 4) is 0 Å². The van der Waals surface area contributed by atoms with Crippen LogP contribution in [0.4, 0.5) is 0 Å². The zero-order valence-corrected chi connectivity index (χ0v) is 10.7. The van der Waals surface area contributed by atoms with E-state index in [9.17, 15) is 4.79 Å². The molecule has 1 aromatic carbocycles. The Morgan fingerprint density at radius 1 is 1.29 bits per heavy atom. The van der Waals surface area contributed by atoms with Crippen LogP contribution in [0.25, 0.3) is 0 Å². The van der Waals surface area contributed by atoms with Crippen LogP contribution < -0.4 is 0 Å². The van der Waals surface area contributed by atoms with Gasteiger partial charge < -0.3 is 9.64 Å². The summed E-state index contributed by atoms with van der Waals surface area (Å²) in [5.41, 5.74) is 1.16. The first-order chi connectivity index (χ1) is 8.27. The Morgan fingerprint density at radius 2 is 2.00 bits per heavy atom. The molecule has 0 unspecified atom stereocenters. The summed E-state index contributed by atoms with van der Waals surface area (Å²) in [6.07, 6.45) is 1.49. The van der Waals surface area contributed by atoms with Crippen LogP contribution >= 0.6 is 0 Å². The van der Waals surface area contributed by atoms with Crippen molar-refractivity contribution in [2.75, 3.05) is 20.3 Å². The summed E-state index contributed by atoms with van der Waals surface area (Å²) in [7, 11) is 1.66. The van der Waals surface area contributed by atoms with Crippen LogP contribution in [0.1, 0.15) is 25.3 Å². The summed E-state index contributed by atoms with van der Waals surface area (Å²) < 4.78 is 5.04. The molecule has 0 fully saturated rings. The number of ether oxygens (including phenoxy) is 1. The minimum absolute atomic E-state index is 0.202. The third-order valence-electron chi connectivity index (χ3n) is 2.60. The fourth-order valence-corrected chi connectivity index (χ4v) is 1.67. The van der Waals surface area contributed by atoms with Gasteiger partial charge in [0.15, 0.2) is 0 Å². The van der Waals surface area contributed by atoms with Crippen LogP contribution in [0, 0.1) is 0 Å². The lowest BCUT2D eigenvalue weighted by Gasteiger charge is -2.22. The standard InChI is InChI=1S/C14H21NO2/c1-3-7-14(16)15(10-11-17-2)12-13-8-5-4-6-9-13/h4-6,8-9H,3,7,10-12H2,1-2H3. The molecule has 0 radical (unpaired) electrons. The van der Waals surface area contributed by atoms with Crippen LogP contribution in [-0.2, 0) is 16.1 Å². The fourth-order valence-electron chi connectivity index (χ4n) is 1.67. The summed E-state index contributed by atoms with van der Waals surface area (Å²) in [5.74, 6) is 0.202. The van der Waals surface area contributed by atoms with Gasteiger partial charge in [-0.3, -0.25) is 4.79 Å². The van der Waals surface area contributed by atoms with E-state index in [0.717, 1.165) is 12.0 Å². The van der Waals surface area contributed by atoms with Crippen molar-refractivity contribution in [2.24, 2.45) is 0 Å². The van der Waals surface area contributed by atoms with Gasteiger partial charge in [-0.15, -0.1) is 0 Å². The van der Waals surface area contributed by atoms with Gasteiger partial charge in [-0.1, -0.05) is 37.3 Å². The second-order valence-corrected chi connectivity index (χ2v) is 4.04. The van der Waals surface area contributed by atoms with E-state index in [-0.39, 0.29) is 5.91 Å².